The van der Waals surface area contributed by atoms with Crippen LogP contribution in [0.5, 0.6) is 0 Å². The second-order valence-electron chi connectivity index (χ2n) is 20.6. The predicted octanol–water partition coefficient (Wildman–Crippen LogP) is 5.58. The fraction of sp³-hybridized carbons (Fsp3) is 0.463. The Hall–Kier alpha value is -6.08. The van der Waals surface area contributed by atoms with Crippen molar-refractivity contribution in [2.75, 3.05) is 17.0 Å². The molecule has 3 aromatic carbocycles. The maximum absolute atomic E-state index is 12.8. The minimum atomic E-state index is -0.628. The van der Waals surface area contributed by atoms with E-state index < -0.39 is 35.5 Å². The van der Waals surface area contributed by atoms with Gasteiger partial charge in [-0.05, 0) is 114 Å². The highest BCUT2D eigenvalue weighted by Crippen LogP contribution is 2.36. The normalized spacial score (nSPS) is 19.7. The number of nitrogens with two attached hydrogens (primary N) is 1. The number of alkyl halides is 1. The van der Waals surface area contributed by atoms with Crippen LogP contribution in [0.2, 0.25) is 0 Å². The van der Waals surface area contributed by atoms with Crippen molar-refractivity contribution in [3.05, 3.63) is 88.0 Å². The third kappa shape index (κ3) is 15.8. The smallest absolute Gasteiger partial charge is 0.307 e. The summed E-state index contributed by atoms with van der Waals surface area (Å²) in [6.45, 7) is 12.2. The van der Waals surface area contributed by atoms with Crippen molar-refractivity contribution in [2.24, 2.45) is 5.73 Å². The summed E-state index contributed by atoms with van der Waals surface area (Å²) in [5.41, 5.74) is 9.14. The number of nitrogens with zero attached hydrogens (tertiary/aromatic N) is 3. The molecule has 24 heteroatoms. The van der Waals surface area contributed by atoms with Crippen LogP contribution in [0.4, 0.5) is 0 Å². The van der Waals surface area contributed by atoms with Gasteiger partial charge in [0, 0.05) is 87.2 Å². The van der Waals surface area contributed by atoms with Crippen LogP contribution in [-0.2, 0) is 67.5 Å². The molecule has 3 aromatic rings. The molecule has 6 aliphatic heterocycles. The quantitative estimate of drug-likeness (QED) is 0.0392. The van der Waals surface area contributed by atoms with Gasteiger partial charge in [-0.2, -0.15) is 0 Å². The Kier molecular flexibility index (Phi) is 20.9. The maximum atomic E-state index is 12.8. The van der Waals surface area contributed by atoms with Gasteiger partial charge in [0.25, 0.3) is 17.7 Å². The summed E-state index contributed by atoms with van der Waals surface area (Å²) in [5.74, 6) is -2.00. The third-order valence-electron chi connectivity index (χ3n) is 12.6. The number of carbonyl (C=O) groups excluding carboxylic acids is 11. The molecule has 0 spiro atoms. The highest BCUT2D eigenvalue weighted by molar-refractivity contribution is 9.09. The van der Waals surface area contributed by atoms with E-state index >= 15 is 0 Å². The molecular weight excluding hydrogens is 1130 g/mol. The van der Waals surface area contributed by atoms with Crippen LogP contribution in [-0.4, -0.2) is 126 Å². The van der Waals surface area contributed by atoms with Gasteiger partial charge in [-0.15, -0.1) is 36.2 Å². The van der Waals surface area contributed by atoms with Gasteiger partial charge in [0.2, 0.25) is 35.4 Å². The average molecular weight is 1200 g/mol. The standard InChI is InChI=1S/C20H24N2O5S.C14H15N3O3S.C13H12N2O3S.C7H13BrO2/c1-20(2,3)27-17(24)9-10-28-15-6-4-5-12-13(15)11-22(19(12)26)14-7-8-16(23)21-18(14)25;15-7-21-11-3-1-2-8-9(11)6-17(14(8)20)10-4-5-12(18)16-13(10)19;16-11-5-4-9(12(17)14-11)15-6-8-7(13(15)18)2-1-3-10(8)19;1-7(2,3)10-6(9)4-5-8/h4-6,14H,7-11H2,1-3H3,(H,21,23,25);1-3,10H,4-7,15H2,(H,16,18,19);1-3,9,19H,4-6H2,(H,14,16,17);4-5H2,1-3H3. The number of hydrogen-bond acceptors (Lipinski definition) is 17. The molecular formula is C54H64BrN7O13S3. The molecule has 6 heterocycles. The molecule has 6 aliphatic rings. The largest absolute Gasteiger partial charge is 0.460 e. The second-order valence-corrected chi connectivity index (χ2v) is 24.1. The van der Waals surface area contributed by atoms with E-state index in [4.69, 9.17) is 15.2 Å². The monoisotopic (exact) mass is 1190 g/mol. The Morgan fingerprint density at radius 2 is 0.936 bits per heavy atom. The summed E-state index contributed by atoms with van der Waals surface area (Å²) in [6.07, 6.45) is 2.58. The number of thiol groups is 1. The van der Waals surface area contributed by atoms with Gasteiger partial charge < -0.3 is 29.9 Å². The molecule has 3 atom stereocenters. The minimum absolute atomic E-state index is 0.149. The van der Waals surface area contributed by atoms with Gasteiger partial charge in [0.05, 0.1) is 12.8 Å². The van der Waals surface area contributed by atoms with Crippen molar-refractivity contribution >= 4 is 117 Å². The van der Waals surface area contributed by atoms with Crippen molar-refractivity contribution in [3.63, 3.8) is 0 Å². The first-order chi connectivity index (χ1) is 36.8. The highest BCUT2D eigenvalue weighted by Gasteiger charge is 2.42. The number of thioether (sulfide) groups is 2. The molecule has 0 aromatic heterocycles. The van der Waals surface area contributed by atoms with Crippen molar-refractivity contribution in [2.45, 2.75) is 157 Å². The number of esters is 2. The second kappa shape index (κ2) is 26.7. The van der Waals surface area contributed by atoms with E-state index in [0.29, 0.717) is 79.0 Å². The van der Waals surface area contributed by atoms with Crippen molar-refractivity contribution in [1.29, 1.82) is 0 Å². The minimum Gasteiger partial charge on any atom is -0.460 e. The summed E-state index contributed by atoms with van der Waals surface area (Å²) in [7, 11) is 0. The van der Waals surface area contributed by atoms with Crippen molar-refractivity contribution in [3.8, 4) is 0 Å². The lowest BCUT2D eigenvalue weighted by molar-refractivity contribution is -0.155. The van der Waals surface area contributed by atoms with Gasteiger partial charge in [-0.3, -0.25) is 68.7 Å². The van der Waals surface area contributed by atoms with Gasteiger partial charge in [-0.25, -0.2) is 0 Å². The molecule has 3 fully saturated rings. The summed E-state index contributed by atoms with van der Waals surface area (Å²) in [5, 5.41) is 7.55. The lowest BCUT2D eigenvalue weighted by Gasteiger charge is -2.29. The molecule has 78 heavy (non-hydrogen) atoms. The lowest BCUT2D eigenvalue weighted by atomic mass is 10.0. The van der Waals surface area contributed by atoms with Crippen molar-refractivity contribution in [1.82, 2.24) is 30.7 Å². The number of nitrogens with one attached hydrogen (secondary N) is 3. The molecule has 0 aliphatic carbocycles. The number of amides is 9. The summed E-state index contributed by atoms with van der Waals surface area (Å²) < 4.78 is 10.3. The molecule has 5 N–H and O–H groups in total. The number of carbonyl (C=O) groups is 11. The fourth-order valence-corrected chi connectivity index (χ4v) is 11.5. The first-order valence-corrected chi connectivity index (χ1v) is 28.8. The van der Waals surface area contributed by atoms with Crippen LogP contribution in [0, 0.1) is 0 Å². The number of ether oxygens (including phenoxy) is 2. The van der Waals surface area contributed by atoms with Gasteiger partial charge in [0.15, 0.2) is 0 Å². The van der Waals surface area contributed by atoms with Gasteiger partial charge in [0.1, 0.15) is 29.3 Å². The number of imide groups is 3. The molecule has 0 saturated carbocycles. The van der Waals surface area contributed by atoms with E-state index in [-0.39, 0.29) is 84.6 Å². The topological polar surface area (TPSA) is 278 Å². The molecule has 0 radical (unpaired) electrons. The van der Waals surface area contributed by atoms with E-state index in [0.717, 1.165) is 31.4 Å². The van der Waals surface area contributed by atoms with E-state index in [1.807, 2.05) is 65.8 Å². The first-order valence-electron chi connectivity index (χ1n) is 25.2. The number of benzene rings is 3. The fourth-order valence-electron chi connectivity index (χ4n) is 9.15. The number of halogens is 1. The number of rotatable bonds is 11. The SMILES string of the molecule is CC(C)(C)OC(=O)CCBr.CC(C)(C)OC(=O)CCSc1cccc2c1CN(C1CCC(=O)NC1=O)C2=O.NCSc1cccc2c1CN(C1CCC(=O)NC1=O)C2=O.O=C1CCC(N2Cc3c(S)cccc3C2=O)C(=O)N1. The Labute approximate surface area is 474 Å². The first kappa shape index (κ1) is 61.1. The van der Waals surface area contributed by atoms with Crippen LogP contribution in [0.1, 0.15) is 141 Å². The third-order valence-corrected chi connectivity index (χ3v) is 15.4. The molecule has 20 nitrogen and oxygen atoms in total. The van der Waals surface area contributed by atoms with Gasteiger partial charge in [-0.1, -0.05) is 34.1 Å². The summed E-state index contributed by atoms with van der Waals surface area (Å²) >= 11 is 10.5. The Morgan fingerprint density at radius 3 is 1.29 bits per heavy atom. The predicted molar refractivity (Wildman–Crippen MR) is 295 cm³/mol. The molecule has 3 saturated heterocycles. The number of hydrogen-bond donors (Lipinski definition) is 5. The zero-order valence-corrected chi connectivity index (χ0v) is 48.3. The van der Waals surface area contributed by atoms with E-state index in [1.165, 1.54) is 33.3 Å². The van der Waals surface area contributed by atoms with Crippen LogP contribution >= 0.6 is 52.1 Å². The van der Waals surface area contributed by atoms with E-state index in [9.17, 15) is 52.7 Å². The maximum Gasteiger partial charge on any atom is 0.307 e. The molecule has 9 amide bonds. The van der Waals surface area contributed by atoms with Gasteiger partial charge >= 0.3 is 11.9 Å². The average Bonchev–Trinajstić information content (AvgIpc) is 4.08. The molecule has 9 rings (SSSR count). The van der Waals surface area contributed by atoms with Crippen LogP contribution in [0.3, 0.4) is 0 Å². The van der Waals surface area contributed by atoms with Crippen LogP contribution < -0.4 is 21.7 Å². The highest BCUT2D eigenvalue weighted by atomic mass is 79.9. The van der Waals surface area contributed by atoms with E-state index in [1.54, 1.807) is 35.2 Å². The zero-order chi connectivity index (χ0) is 57.2. The molecule has 3 unspecified atom stereocenters. The lowest BCUT2D eigenvalue weighted by Crippen LogP contribution is -2.52. The number of fused-ring (bicyclic) bond motifs is 3. The number of piperidine rings is 3. The van der Waals surface area contributed by atoms with Crippen LogP contribution in [0.15, 0.2) is 69.3 Å². The molecule has 0 bridgehead atoms. The van der Waals surface area contributed by atoms with Crippen LogP contribution in [0.25, 0.3) is 0 Å². The Balaban J connectivity index is 0.000000177. The van der Waals surface area contributed by atoms with E-state index in [2.05, 4.69) is 44.5 Å². The Bertz CT molecular complexity index is 2890. The van der Waals surface area contributed by atoms with Crippen molar-refractivity contribution < 1.29 is 62.2 Å². The Morgan fingerprint density at radius 1 is 0.577 bits per heavy atom. The summed E-state index contributed by atoms with van der Waals surface area (Å²) in [4.78, 5) is 137. The summed E-state index contributed by atoms with van der Waals surface area (Å²) in [6, 6.07) is 14.6. The molecule has 418 valence electrons. The zero-order valence-electron chi connectivity index (χ0n) is 44.2.